The van der Waals surface area contributed by atoms with Crippen LogP contribution in [0.15, 0.2) is 48.5 Å². The number of likely N-dealkylation sites (tertiary alicyclic amines) is 1. The summed E-state index contributed by atoms with van der Waals surface area (Å²) in [4.78, 5) is 14.6. The van der Waals surface area contributed by atoms with Crippen LogP contribution in [-0.2, 0) is 18.2 Å². The van der Waals surface area contributed by atoms with Crippen molar-refractivity contribution in [3.63, 3.8) is 0 Å². The molecular formula is C29H34ClN7O. The van der Waals surface area contributed by atoms with Crippen LogP contribution >= 0.6 is 11.6 Å². The van der Waals surface area contributed by atoms with E-state index in [1.54, 1.807) is 0 Å². The summed E-state index contributed by atoms with van der Waals surface area (Å²) in [5.41, 5.74) is 5.12. The van der Waals surface area contributed by atoms with Gasteiger partial charge in [-0.3, -0.25) is 4.68 Å². The second kappa shape index (κ2) is 11.3. The van der Waals surface area contributed by atoms with Crippen molar-refractivity contribution in [2.24, 2.45) is 7.05 Å². The molecule has 4 aromatic rings. The molecule has 2 aliphatic rings. The van der Waals surface area contributed by atoms with Crippen LogP contribution in [0.2, 0.25) is 5.02 Å². The van der Waals surface area contributed by atoms with Gasteiger partial charge in [0, 0.05) is 60.8 Å². The fraction of sp³-hybridized carbons (Fsp3) is 0.414. The van der Waals surface area contributed by atoms with Gasteiger partial charge in [0.1, 0.15) is 5.82 Å². The molecule has 198 valence electrons. The molecule has 0 atom stereocenters. The van der Waals surface area contributed by atoms with E-state index in [4.69, 9.17) is 31.4 Å². The lowest BCUT2D eigenvalue weighted by Gasteiger charge is -2.27. The highest BCUT2D eigenvalue weighted by Crippen LogP contribution is 2.29. The minimum atomic E-state index is 0.675. The van der Waals surface area contributed by atoms with E-state index in [9.17, 15) is 0 Å². The van der Waals surface area contributed by atoms with E-state index in [-0.39, 0.29) is 0 Å². The number of hydrogen-bond acceptors (Lipinski definition) is 7. The molecule has 0 saturated carbocycles. The Morgan fingerprint density at radius 3 is 2.50 bits per heavy atom. The number of fused-ring (bicyclic) bond motifs is 1. The first-order chi connectivity index (χ1) is 18.6. The van der Waals surface area contributed by atoms with Crippen LogP contribution in [0.4, 0.5) is 17.5 Å². The SMILES string of the molecule is Cn1nc(CCN2CCCCC2)c2ccc(-c3cc(Nc4ccc(Cl)cc4)nc(N4CCOCC4)n3)cc21. The fourth-order valence-corrected chi connectivity index (χ4v) is 5.48. The molecule has 6 rings (SSSR count). The topological polar surface area (TPSA) is 71.3 Å². The molecule has 2 fully saturated rings. The molecule has 0 bridgehead atoms. The maximum Gasteiger partial charge on any atom is 0.228 e. The average Bonchev–Trinajstić information content (AvgIpc) is 3.28. The molecule has 2 aromatic carbocycles. The normalized spacial score (nSPS) is 16.7. The molecule has 2 aromatic heterocycles. The van der Waals surface area contributed by atoms with Crippen LogP contribution in [0.3, 0.4) is 0 Å². The number of aryl methyl sites for hydroxylation is 1. The summed E-state index contributed by atoms with van der Waals surface area (Å²) in [6, 6.07) is 16.2. The average molecular weight is 532 g/mol. The van der Waals surface area contributed by atoms with Gasteiger partial charge in [0.2, 0.25) is 5.95 Å². The number of benzene rings is 2. The monoisotopic (exact) mass is 531 g/mol. The Labute approximate surface area is 228 Å². The van der Waals surface area contributed by atoms with Gasteiger partial charge in [-0.2, -0.15) is 10.1 Å². The van der Waals surface area contributed by atoms with E-state index in [0.29, 0.717) is 24.2 Å². The van der Waals surface area contributed by atoms with Crippen molar-refractivity contribution in [3.8, 4) is 11.3 Å². The number of nitrogens with zero attached hydrogens (tertiary/aromatic N) is 6. The lowest BCUT2D eigenvalue weighted by molar-refractivity contribution is 0.122. The third-order valence-corrected chi connectivity index (χ3v) is 7.71. The lowest BCUT2D eigenvalue weighted by atomic mass is 10.1. The predicted molar refractivity (Wildman–Crippen MR) is 154 cm³/mol. The molecule has 0 spiro atoms. The van der Waals surface area contributed by atoms with Gasteiger partial charge < -0.3 is 19.9 Å². The van der Waals surface area contributed by atoms with E-state index in [0.717, 1.165) is 54.3 Å². The summed E-state index contributed by atoms with van der Waals surface area (Å²) in [5.74, 6) is 1.45. The van der Waals surface area contributed by atoms with Crippen molar-refractivity contribution < 1.29 is 4.74 Å². The third-order valence-electron chi connectivity index (χ3n) is 7.46. The number of halogens is 1. The summed E-state index contributed by atoms with van der Waals surface area (Å²) in [7, 11) is 2.03. The largest absolute Gasteiger partial charge is 0.378 e. The van der Waals surface area contributed by atoms with Crippen LogP contribution in [0.5, 0.6) is 0 Å². The molecule has 0 aliphatic carbocycles. The number of morpholine rings is 1. The molecule has 0 radical (unpaired) electrons. The van der Waals surface area contributed by atoms with E-state index in [2.05, 4.69) is 33.3 Å². The maximum atomic E-state index is 6.09. The highest BCUT2D eigenvalue weighted by molar-refractivity contribution is 6.30. The number of hydrogen-bond donors (Lipinski definition) is 1. The van der Waals surface area contributed by atoms with Gasteiger partial charge in [-0.05, 0) is 56.3 Å². The Morgan fingerprint density at radius 1 is 0.921 bits per heavy atom. The molecule has 9 heteroatoms. The number of piperidine rings is 1. The van der Waals surface area contributed by atoms with E-state index in [1.165, 1.54) is 43.4 Å². The lowest BCUT2D eigenvalue weighted by Crippen LogP contribution is -2.37. The fourth-order valence-electron chi connectivity index (χ4n) is 5.36. The minimum absolute atomic E-state index is 0.675. The minimum Gasteiger partial charge on any atom is -0.378 e. The zero-order valence-electron chi connectivity index (χ0n) is 21.9. The van der Waals surface area contributed by atoms with Crippen LogP contribution in [-0.4, -0.2) is 70.6 Å². The van der Waals surface area contributed by atoms with Crippen LogP contribution in [0.1, 0.15) is 25.0 Å². The summed E-state index contributed by atoms with van der Waals surface area (Å²) < 4.78 is 7.56. The Bertz CT molecular complexity index is 1390. The molecular weight excluding hydrogens is 498 g/mol. The van der Waals surface area contributed by atoms with Gasteiger partial charge in [0.25, 0.3) is 0 Å². The van der Waals surface area contributed by atoms with Crippen molar-refractivity contribution in [1.82, 2.24) is 24.6 Å². The van der Waals surface area contributed by atoms with Crippen LogP contribution in [0.25, 0.3) is 22.2 Å². The summed E-state index contributed by atoms with van der Waals surface area (Å²) >= 11 is 6.09. The van der Waals surface area contributed by atoms with Crippen molar-refractivity contribution >= 4 is 40.0 Å². The number of ether oxygens (including phenoxy) is 1. The van der Waals surface area contributed by atoms with Crippen LogP contribution < -0.4 is 10.2 Å². The zero-order valence-corrected chi connectivity index (χ0v) is 22.6. The second-order valence-electron chi connectivity index (χ2n) is 10.1. The Morgan fingerprint density at radius 2 is 1.71 bits per heavy atom. The standard InChI is InChI=1S/C29H34ClN7O/c1-35-27-19-21(5-10-24(27)25(34-35)11-14-36-12-3-2-4-13-36)26-20-28(31-23-8-6-22(30)7-9-23)33-29(32-26)37-15-17-38-18-16-37/h5-10,19-20H,2-4,11-18H2,1H3,(H,31,32,33). The number of nitrogens with one attached hydrogen (secondary N) is 1. The Balaban J connectivity index is 1.31. The molecule has 38 heavy (non-hydrogen) atoms. The maximum absolute atomic E-state index is 6.09. The molecule has 8 nitrogen and oxygen atoms in total. The molecule has 4 heterocycles. The zero-order chi connectivity index (χ0) is 25.9. The predicted octanol–water partition coefficient (Wildman–Crippen LogP) is 5.29. The highest BCUT2D eigenvalue weighted by Gasteiger charge is 2.18. The Kier molecular flexibility index (Phi) is 7.44. The molecule has 0 unspecified atom stereocenters. The number of rotatable bonds is 7. The first-order valence-corrected chi connectivity index (χ1v) is 13.9. The van der Waals surface area contributed by atoms with Gasteiger partial charge in [0.15, 0.2) is 0 Å². The smallest absolute Gasteiger partial charge is 0.228 e. The van der Waals surface area contributed by atoms with Gasteiger partial charge in [-0.15, -0.1) is 0 Å². The first-order valence-electron chi connectivity index (χ1n) is 13.6. The Hall–Kier alpha value is -3.20. The molecule has 2 saturated heterocycles. The summed E-state index contributed by atoms with van der Waals surface area (Å²) in [6.07, 6.45) is 4.96. The summed E-state index contributed by atoms with van der Waals surface area (Å²) in [6.45, 7) is 6.38. The van der Waals surface area contributed by atoms with E-state index < -0.39 is 0 Å². The van der Waals surface area contributed by atoms with Crippen LogP contribution in [0, 0.1) is 0 Å². The van der Waals surface area contributed by atoms with E-state index in [1.807, 2.05) is 42.1 Å². The molecule has 0 amide bonds. The van der Waals surface area contributed by atoms with Gasteiger partial charge in [-0.25, -0.2) is 4.98 Å². The van der Waals surface area contributed by atoms with Crippen molar-refractivity contribution in [3.05, 3.63) is 59.2 Å². The number of aromatic nitrogens is 4. The van der Waals surface area contributed by atoms with Gasteiger partial charge in [-0.1, -0.05) is 30.2 Å². The van der Waals surface area contributed by atoms with Gasteiger partial charge >= 0.3 is 0 Å². The molecule has 2 aliphatic heterocycles. The van der Waals surface area contributed by atoms with Crippen molar-refractivity contribution in [2.45, 2.75) is 25.7 Å². The van der Waals surface area contributed by atoms with Crippen molar-refractivity contribution in [2.75, 3.05) is 56.2 Å². The van der Waals surface area contributed by atoms with Gasteiger partial charge in [0.05, 0.1) is 30.1 Å². The quantitative estimate of drug-likeness (QED) is 0.347. The number of anilines is 3. The van der Waals surface area contributed by atoms with E-state index >= 15 is 0 Å². The van der Waals surface area contributed by atoms with Crippen molar-refractivity contribution in [1.29, 1.82) is 0 Å². The molecule has 1 N–H and O–H groups in total. The highest BCUT2D eigenvalue weighted by atomic mass is 35.5. The first kappa shape index (κ1) is 25.1. The summed E-state index contributed by atoms with van der Waals surface area (Å²) in [5, 5.41) is 10.2. The third kappa shape index (κ3) is 5.62. The second-order valence-corrected chi connectivity index (χ2v) is 10.6.